The molecule has 0 N–H and O–H groups in total. The summed E-state index contributed by atoms with van der Waals surface area (Å²) in [4.78, 5) is 18.3. The smallest absolute Gasteiger partial charge is 0.224 e. The van der Waals surface area contributed by atoms with Crippen LogP contribution in [0.15, 0.2) is 67.1 Å². The molecule has 0 bridgehead atoms. The SMILES string of the molecule is COc1cc(-c2cnc(C)nc2OCC2C[C@H]2c2ccc3ccccc3n2)cc2nccn12. The van der Waals surface area contributed by atoms with E-state index in [0.29, 0.717) is 36.0 Å². The highest BCUT2D eigenvalue weighted by Gasteiger charge is 2.40. The topological polar surface area (TPSA) is 74.4 Å². The van der Waals surface area contributed by atoms with E-state index in [1.54, 1.807) is 19.5 Å². The van der Waals surface area contributed by atoms with Crippen LogP contribution in [-0.2, 0) is 0 Å². The number of fused-ring (bicyclic) bond motifs is 2. The first kappa shape index (κ1) is 19.7. The Hall–Kier alpha value is -4.00. The highest BCUT2D eigenvalue weighted by Crippen LogP contribution is 2.47. The van der Waals surface area contributed by atoms with Crippen molar-refractivity contribution in [3.63, 3.8) is 0 Å². The van der Waals surface area contributed by atoms with Crippen LogP contribution in [0.2, 0.25) is 0 Å². The van der Waals surface area contributed by atoms with Crippen LogP contribution in [0.1, 0.15) is 23.9 Å². The summed E-state index contributed by atoms with van der Waals surface area (Å²) >= 11 is 0. The molecule has 1 unspecified atom stereocenters. The maximum Gasteiger partial charge on any atom is 0.224 e. The van der Waals surface area contributed by atoms with E-state index in [2.05, 4.69) is 39.2 Å². The van der Waals surface area contributed by atoms with E-state index in [0.717, 1.165) is 34.4 Å². The van der Waals surface area contributed by atoms with Gasteiger partial charge in [0.2, 0.25) is 5.88 Å². The van der Waals surface area contributed by atoms with Crippen LogP contribution in [0, 0.1) is 12.8 Å². The molecule has 1 aliphatic carbocycles. The Kier molecular flexibility index (Phi) is 4.68. The molecule has 1 aliphatic rings. The van der Waals surface area contributed by atoms with Crippen molar-refractivity contribution in [2.75, 3.05) is 13.7 Å². The molecule has 5 aromatic rings. The van der Waals surface area contributed by atoms with Gasteiger partial charge in [0, 0.05) is 47.6 Å². The molecule has 0 spiro atoms. The van der Waals surface area contributed by atoms with E-state index in [1.807, 2.05) is 41.8 Å². The average molecular weight is 438 g/mol. The zero-order valence-corrected chi connectivity index (χ0v) is 18.5. The first-order valence-electron chi connectivity index (χ1n) is 11.0. The number of aryl methyl sites for hydroxylation is 1. The molecule has 6 rings (SSSR count). The maximum absolute atomic E-state index is 6.26. The van der Waals surface area contributed by atoms with E-state index in [1.165, 1.54) is 5.39 Å². The second-order valence-corrected chi connectivity index (χ2v) is 8.42. The maximum atomic E-state index is 6.26. The van der Waals surface area contributed by atoms with Gasteiger partial charge in [0.15, 0.2) is 5.88 Å². The molecule has 1 fully saturated rings. The summed E-state index contributed by atoms with van der Waals surface area (Å²) < 4.78 is 13.7. The number of aromatic nitrogens is 5. The van der Waals surface area contributed by atoms with Crippen molar-refractivity contribution < 1.29 is 9.47 Å². The van der Waals surface area contributed by atoms with Crippen molar-refractivity contribution >= 4 is 16.6 Å². The third-order valence-corrected chi connectivity index (χ3v) is 6.22. The van der Waals surface area contributed by atoms with Gasteiger partial charge < -0.3 is 9.47 Å². The van der Waals surface area contributed by atoms with Crippen molar-refractivity contribution in [3.8, 4) is 22.9 Å². The summed E-state index contributed by atoms with van der Waals surface area (Å²) in [5.41, 5.74) is 4.70. The van der Waals surface area contributed by atoms with Gasteiger partial charge in [0.25, 0.3) is 0 Å². The minimum absolute atomic E-state index is 0.419. The van der Waals surface area contributed by atoms with E-state index in [9.17, 15) is 0 Å². The van der Waals surface area contributed by atoms with Gasteiger partial charge in [-0.1, -0.05) is 24.3 Å². The molecule has 164 valence electrons. The largest absolute Gasteiger partial charge is 0.482 e. The van der Waals surface area contributed by atoms with Crippen LogP contribution in [0.3, 0.4) is 0 Å². The fourth-order valence-electron chi connectivity index (χ4n) is 4.33. The number of hydrogen-bond acceptors (Lipinski definition) is 6. The molecule has 7 nitrogen and oxygen atoms in total. The van der Waals surface area contributed by atoms with Crippen LogP contribution in [-0.4, -0.2) is 38.1 Å². The lowest BCUT2D eigenvalue weighted by molar-refractivity contribution is 0.285. The number of methoxy groups -OCH3 is 1. The third-order valence-electron chi connectivity index (χ3n) is 6.22. The van der Waals surface area contributed by atoms with Gasteiger partial charge in [0.1, 0.15) is 11.5 Å². The van der Waals surface area contributed by atoms with Crippen LogP contribution >= 0.6 is 0 Å². The first-order valence-corrected chi connectivity index (χ1v) is 11.0. The van der Waals surface area contributed by atoms with E-state index in [4.69, 9.17) is 14.5 Å². The summed E-state index contributed by atoms with van der Waals surface area (Å²) in [6, 6.07) is 16.5. The molecular formula is C26H23N5O2. The van der Waals surface area contributed by atoms with E-state index in [-0.39, 0.29) is 0 Å². The summed E-state index contributed by atoms with van der Waals surface area (Å²) in [6.45, 7) is 2.46. The quantitative estimate of drug-likeness (QED) is 0.378. The summed E-state index contributed by atoms with van der Waals surface area (Å²) in [7, 11) is 1.65. The lowest BCUT2D eigenvalue weighted by atomic mass is 10.1. The van der Waals surface area contributed by atoms with Gasteiger partial charge in [-0.2, -0.15) is 4.98 Å². The fourth-order valence-corrected chi connectivity index (χ4v) is 4.33. The Balaban J connectivity index is 1.24. The fraction of sp³-hybridized carbons (Fsp3) is 0.231. The number of rotatable bonds is 6. The monoisotopic (exact) mass is 437 g/mol. The normalized spacial score (nSPS) is 17.4. The molecule has 33 heavy (non-hydrogen) atoms. The predicted molar refractivity (Wildman–Crippen MR) is 126 cm³/mol. The molecule has 1 aromatic carbocycles. The second-order valence-electron chi connectivity index (χ2n) is 8.42. The Morgan fingerprint density at radius 3 is 2.88 bits per heavy atom. The average Bonchev–Trinajstić information content (AvgIpc) is 3.47. The van der Waals surface area contributed by atoms with Crippen LogP contribution in [0.25, 0.3) is 27.7 Å². The first-order chi connectivity index (χ1) is 16.2. The number of nitrogens with zero attached hydrogens (tertiary/aromatic N) is 5. The molecule has 1 saturated carbocycles. The minimum atomic E-state index is 0.419. The molecule has 0 amide bonds. The number of para-hydroxylation sites is 1. The minimum Gasteiger partial charge on any atom is -0.482 e. The van der Waals surface area contributed by atoms with Gasteiger partial charge >= 0.3 is 0 Å². The molecule has 0 aliphatic heterocycles. The van der Waals surface area contributed by atoms with Crippen LogP contribution in [0.4, 0.5) is 0 Å². The van der Waals surface area contributed by atoms with Gasteiger partial charge in [-0.05, 0) is 37.1 Å². The van der Waals surface area contributed by atoms with Crippen molar-refractivity contribution in [1.29, 1.82) is 0 Å². The lowest BCUT2D eigenvalue weighted by Crippen LogP contribution is -2.06. The van der Waals surface area contributed by atoms with Gasteiger partial charge in [-0.15, -0.1) is 0 Å². The molecular weight excluding hydrogens is 414 g/mol. The third kappa shape index (κ3) is 3.65. The Morgan fingerprint density at radius 2 is 1.97 bits per heavy atom. The molecule has 0 radical (unpaired) electrons. The molecule has 4 aromatic heterocycles. The molecule has 2 atom stereocenters. The molecule has 7 heteroatoms. The number of imidazole rings is 1. The van der Waals surface area contributed by atoms with E-state index < -0.39 is 0 Å². The Bertz CT molecular complexity index is 1480. The number of benzene rings is 1. The zero-order valence-electron chi connectivity index (χ0n) is 18.5. The zero-order chi connectivity index (χ0) is 22.4. The van der Waals surface area contributed by atoms with Crippen molar-refractivity contribution in [2.45, 2.75) is 19.3 Å². The van der Waals surface area contributed by atoms with Crippen LogP contribution < -0.4 is 9.47 Å². The second kappa shape index (κ2) is 7.85. The van der Waals surface area contributed by atoms with Crippen molar-refractivity contribution in [1.82, 2.24) is 24.3 Å². The van der Waals surface area contributed by atoms with Gasteiger partial charge in [0.05, 0.1) is 24.8 Å². The highest BCUT2D eigenvalue weighted by atomic mass is 16.5. The van der Waals surface area contributed by atoms with Crippen molar-refractivity contribution in [3.05, 3.63) is 78.6 Å². The number of hydrogen-bond donors (Lipinski definition) is 0. The highest BCUT2D eigenvalue weighted by molar-refractivity contribution is 5.78. The summed E-state index contributed by atoms with van der Waals surface area (Å²) in [5, 5.41) is 1.17. The number of ether oxygens (including phenoxy) is 2. The van der Waals surface area contributed by atoms with Gasteiger partial charge in [-0.25, -0.2) is 9.97 Å². The van der Waals surface area contributed by atoms with Crippen molar-refractivity contribution in [2.24, 2.45) is 5.92 Å². The van der Waals surface area contributed by atoms with Gasteiger partial charge in [-0.3, -0.25) is 9.38 Å². The number of pyridine rings is 2. The Labute approximate surface area is 191 Å². The molecule has 0 saturated heterocycles. The Morgan fingerprint density at radius 1 is 1.06 bits per heavy atom. The predicted octanol–water partition coefficient (Wildman–Crippen LogP) is 4.84. The van der Waals surface area contributed by atoms with Crippen LogP contribution in [0.5, 0.6) is 11.8 Å². The standard InChI is InChI=1S/C26H23N5O2/c1-16-28-14-21(18-12-24-27-9-10-31(24)25(13-18)32-2)26(29-16)33-15-19-11-20(19)23-8-7-17-5-3-4-6-22(17)30-23/h3-10,12-14,19-20H,11,15H2,1-2H3/t19?,20-/m1/s1. The summed E-state index contributed by atoms with van der Waals surface area (Å²) in [5.74, 6) is 2.79. The van der Waals surface area contributed by atoms with E-state index >= 15 is 0 Å². The molecule has 4 heterocycles. The summed E-state index contributed by atoms with van der Waals surface area (Å²) in [6.07, 6.45) is 6.49. The lowest BCUT2D eigenvalue weighted by Gasteiger charge is -2.13.